The van der Waals surface area contributed by atoms with Crippen LogP contribution in [0.5, 0.6) is 0 Å². The number of fused-ring (bicyclic) bond motifs is 1. The number of carbonyl (C=O) groups excluding carboxylic acids is 1. The largest absolute Gasteiger partial charge is 0.394 e. The first-order chi connectivity index (χ1) is 16.4. The van der Waals surface area contributed by atoms with Gasteiger partial charge in [-0.3, -0.25) is 4.79 Å². The Morgan fingerprint density at radius 2 is 1.89 bits per heavy atom. The Hall–Kier alpha value is -2.69. The van der Waals surface area contributed by atoms with Gasteiger partial charge in [-0.1, -0.05) is 6.92 Å². The number of halogens is 3. The van der Waals surface area contributed by atoms with Crippen LogP contribution in [0.3, 0.4) is 0 Å². The smallest absolute Gasteiger partial charge is 0.356 e. The molecule has 0 spiro atoms. The monoisotopic (exact) mass is 493 g/mol. The summed E-state index contributed by atoms with van der Waals surface area (Å²) >= 11 is 0. The van der Waals surface area contributed by atoms with Gasteiger partial charge >= 0.3 is 6.18 Å². The second-order valence-electron chi connectivity index (χ2n) is 10.6. The van der Waals surface area contributed by atoms with Crippen LogP contribution in [0.25, 0.3) is 0 Å². The van der Waals surface area contributed by atoms with E-state index in [0.717, 1.165) is 30.0 Å². The minimum absolute atomic E-state index is 0.0202. The minimum atomic E-state index is -4.29. The number of rotatable bonds is 6. The molecular weight excluding hydrogens is 459 g/mol. The predicted octanol–water partition coefficient (Wildman–Crippen LogP) is 4.00. The molecular formula is C24H34F3N7O. The van der Waals surface area contributed by atoms with Gasteiger partial charge in [0.2, 0.25) is 5.91 Å². The Bertz CT molecular complexity index is 1050. The van der Waals surface area contributed by atoms with Crippen LogP contribution in [-0.4, -0.2) is 56.8 Å². The molecule has 0 bridgehead atoms. The minimum Gasteiger partial charge on any atom is -0.356 e. The van der Waals surface area contributed by atoms with Gasteiger partial charge in [0, 0.05) is 55.8 Å². The maximum atomic E-state index is 13.1. The molecule has 1 saturated heterocycles. The number of hydrogen-bond donors (Lipinski definition) is 2. The molecule has 0 unspecified atom stereocenters. The molecule has 2 aromatic rings. The van der Waals surface area contributed by atoms with Crippen LogP contribution in [-0.2, 0) is 17.8 Å². The number of amides is 1. The maximum Gasteiger partial charge on any atom is 0.394 e. The zero-order valence-electron chi connectivity index (χ0n) is 20.7. The summed E-state index contributed by atoms with van der Waals surface area (Å²) in [5, 5.41) is 6.24. The second-order valence-corrected chi connectivity index (χ2v) is 10.6. The Kier molecular flexibility index (Phi) is 7.08. The molecule has 0 radical (unpaired) electrons. The third kappa shape index (κ3) is 6.31. The highest BCUT2D eigenvalue weighted by molar-refractivity contribution is 5.94. The number of imidazole rings is 1. The molecule has 2 aromatic heterocycles. The summed E-state index contributed by atoms with van der Waals surface area (Å²) < 4.78 is 41.1. The third-order valence-electron chi connectivity index (χ3n) is 6.51. The molecule has 1 fully saturated rings. The first kappa shape index (κ1) is 25.4. The number of anilines is 2. The highest BCUT2D eigenvalue weighted by atomic mass is 19.4. The van der Waals surface area contributed by atoms with E-state index in [-0.39, 0.29) is 29.0 Å². The van der Waals surface area contributed by atoms with Gasteiger partial charge in [0.05, 0.1) is 12.1 Å². The molecule has 0 saturated carbocycles. The summed E-state index contributed by atoms with van der Waals surface area (Å²) in [5.41, 5.74) is 0.946. The van der Waals surface area contributed by atoms with Gasteiger partial charge < -0.3 is 20.1 Å². The highest BCUT2D eigenvalue weighted by Gasteiger charge is 2.33. The Labute approximate surface area is 203 Å². The highest BCUT2D eigenvalue weighted by Crippen LogP contribution is 2.38. The number of nitrogens with one attached hydrogen (secondary N) is 2. The van der Waals surface area contributed by atoms with Crippen LogP contribution in [0.1, 0.15) is 75.9 Å². The molecule has 8 nitrogen and oxygen atoms in total. The van der Waals surface area contributed by atoms with E-state index in [0.29, 0.717) is 38.4 Å². The molecule has 2 aliphatic heterocycles. The van der Waals surface area contributed by atoms with Crippen molar-refractivity contribution in [1.29, 1.82) is 0 Å². The molecule has 4 rings (SSSR count). The van der Waals surface area contributed by atoms with Crippen molar-refractivity contribution in [1.82, 2.24) is 24.8 Å². The molecule has 35 heavy (non-hydrogen) atoms. The quantitative estimate of drug-likeness (QED) is 0.633. The topological polar surface area (TPSA) is 88.0 Å². The zero-order chi connectivity index (χ0) is 25.4. The van der Waals surface area contributed by atoms with E-state index in [4.69, 9.17) is 0 Å². The van der Waals surface area contributed by atoms with Crippen molar-refractivity contribution in [3.05, 3.63) is 29.6 Å². The Balaban J connectivity index is 1.50. The lowest BCUT2D eigenvalue weighted by atomic mass is 9.92. The van der Waals surface area contributed by atoms with Crippen LogP contribution in [0.4, 0.5) is 24.8 Å². The molecule has 4 heterocycles. The maximum absolute atomic E-state index is 13.1. The summed E-state index contributed by atoms with van der Waals surface area (Å²) in [4.78, 5) is 27.3. The summed E-state index contributed by atoms with van der Waals surface area (Å²) in [6, 6.07) is 0. The van der Waals surface area contributed by atoms with Crippen LogP contribution < -0.4 is 15.5 Å². The van der Waals surface area contributed by atoms with E-state index in [1.54, 1.807) is 6.20 Å². The number of piperidine rings is 1. The molecule has 2 aliphatic rings. The van der Waals surface area contributed by atoms with E-state index < -0.39 is 12.6 Å². The number of aromatic nitrogens is 4. The van der Waals surface area contributed by atoms with E-state index in [9.17, 15) is 18.0 Å². The standard InChI is InChI=1S/C24H34F3N7O/c1-15-11-18(35)32-20-19(15)22(29-14-28-20)33-8-5-16(6-9-33)21-31-17(12-24(25,26)27)13-34(21)10-7-30-23(2,3)4/h13-16,30H,5-12H2,1-4H3,(H,28,29,32,35)/t15-/m1/s1. The second kappa shape index (κ2) is 9.75. The van der Waals surface area contributed by atoms with Crippen molar-refractivity contribution >= 4 is 17.5 Å². The number of nitrogens with zero attached hydrogens (tertiary/aromatic N) is 5. The van der Waals surface area contributed by atoms with Crippen LogP contribution in [0, 0.1) is 0 Å². The summed E-state index contributed by atoms with van der Waals surface area (Å²) in [7, 11) is 0. The van der Waals surface area contributed by atoms with Crippen molar-refractivity contribution in [2.24, 2.45) is 0 Å². The molecule has 192 valence electrons. The van der Waals surface area contributed by atoms with Crippen LogP contribution in [0.15, 0.2) is 12.5 Å². The van der Waals surface area contributed by atoms with Gasteiger partial charge in [0.1, 0.15) is 23.8 Å². The van der Waals surface area contributed by atoms with E-state index in [1.165, 1.54) is 6.33 Å². The van der Waals surface area contributed by atoms with Crippen molar-refractivity contribution in [3.63, 3.8) is 0 Å². The van der Waals surface area contributed by atoms with Crippen LogP contribution in [0.2, 0.25) is 0 Å². The number of carbonyl (C=O) groups is 1. The molecule has 2 N–H and O–H groups in total. The number of alkyl halides is 3. The zero-order valence-corrected chi connectivity index (χ0v) is 20.7. The van der Waals surface area contributed by atoms with Gasteiger partial charge in [-0.25, -0.2) is 15.0 Å². The average Bonchev–Trinajstić information content (AvgIpc) is 3.13. The Morgan fingerprint density at radius 1 is 1.17 bits per heavy atom. The summed E-state index contributed by atoms with van der Waals surface area (Å²) in [6.45, 7) is 10.8. The van der Waals surface area contributed by atoms with E-state index in [2.05, 4.69) is 51.3 Å². The first-order valence-electron chi connectivity index (χ1n) is 12.2. The first-order valence-corrected chi connectivity index (χ1v) is 12.2. The predicted molar refractivity (Wildman–Crippen MR) is 128 cm³/mol. The van der Waals surface area contributed by atoms with Gasteiger partial charge in [-0.05, 0) is 39.5 Å². The van der Waals surface area contributed by atoms with Gasteiger partial charge in [-0.2, -0.15) is 13.2 Å². The van der Waals surface area contributed by atoms with E-state index >= 15 is 0 Å². The fourth-order valence-electron chi connectivity index (χ4n) is 4.94. The fraction of sp³-hybridized carbons (Fsp3) is 0.667. The SMILES string of the molecule is C[C@@H]1CC(=O)Nc2ncnc(N3CCC(c4nc(CC(F)(F)F)cn4CCNC(C)(C)C)CC3)c21. The number of hydrogen-bond acceptors (Lipinski definition) is 6. The van der Waals surface area contributed by atoms with Gasteiger partial charge in [0.25, 0.3) is 0 Å². The van der Waals surface area contributed by atoms with Crippen molar-refractivity contribution in [2.75, 3.05) is 29.9 Å². The lowest BCUT2D eigenvalue weighted by Gasteiger charge is -2.35. The normalized spacial score (nSPS) is 19.6. The average molecular weight is 494 g/mol. The fourth-order valence-corrected chi connectivity index (χ4v) is 4.94. The summed E-state index contributed by atoms with van der Waals surface area (Å²) in [6.07, 6.45) is -0.367. The molecule has 1 amide bonds. The lowest BCUT2D eigenvalue weighted by molar-refractivity contribution is -0.127. The molecule has 0 aromatic carbocycles. The van der Waals surface area contributed by atoms with Gasteiger partial charge in [0.15, 0.2) is 0 Å². The van der Waals surface area contributed by atoms with Crippen molar-refractivity contribution in [2.45, 2.75) is 83.5 Å². The molecule has 11 heteroatoms. The van der Waals surface area contributed by atoms with Crippen molar-refractivity contribution < 1.29 is 18.0 Å². The lowest BCUT2D eigenvalue weighted by Crippen LogP contribution is -2.38. The van der Waals surface area contributed by atoms with Crippen LogP contribution >= 0.6 is 0 Å². The molecule has 0 aliphatic carbocycles. The third-order valence-corrected chi connectivity index (χ3v) is 6.51. The van der Waals surface area contributed by atoms with E-state index in [1.807, 2.05) is 11.5 Å². The van der Waals surface area contributed by atoms with Crippen molar-refractivity contribution in [3.8, 4) is 0 Å². The van der Waals surface area contributed by atoms with Gasteiger partial charge in [-0.15, -0.1) is 0 Å². The molecule has 1 atom stereocenters. The Morgan fingerprint density at radius 3 is 2.54 bits per heavy atom. The summed E-state index contributed by atoms with van der Waals surface area (Å²) in [5.74, 6) is 2.17.